The lowest BCUT2D eigenvalue weighted by Crippen LogP contribution is -2.01. The number of fused-ring (bicyclic) bond motifs is 4. The van der Waals surface area contributed by atoms with Crippen molar-refractivity contribution >= 4 is 33.0 Å². The van der Waals surface area contributed by atoms with E-state index in [1.165, 1.54) is 0 Å². The van der Waals surface area contributed by atoms with E-state index in [9.17, 15) is 0 Å². The Kier molecular flexibility index (Phi) is 6.03. The summed E-state index contributed by atoms with van der Waals surface area (Å²) in [6, 6.07) is 48.3. The van der Waals surface area contributed by atoms with Gasteiger partial charge >= 0.3 is 0 Å². The first kappa shape index (κ1) is 26.0. The fourth-order valence-corrected chi connectivity index (χ4v) is 5.98. The van der Waals surface area contributed by atoms with Gasteiger partial charge < -0.3 is 8.83 Å². The van der Waals surface area contributed by atoms with Gasteiger partial charge in [0.2, 0.25) is 5.89 Å². The van der Waals surface area contributed by atoms with Gasteiger partial charge in [0.05, 0.1) is 0 Å². The topological polar surface area (TPSA) is 77.8 Å². The van der Waals surface area contributed by atoms with Crippen LogP contribution in [0.1, 0.15) is 0 Å². The summed E-state index contributed by atoms with van der Waals surface area (Å²) in [6.45, 7) is 0. The van der Waals surface area contributed by atoms with Gasteiger partial charge in [-0.1, -0.05) is 115 Å². The van der Waals surface area contributed by atoms with Gasteiger partial charge in [0.1, 0.15) is 16.7 Å². The van der Waals surface area contributed by atoms with E-state index in [0.717, 1.165) is 66.4 Å². The van der Waals surface area contributed by atoms with Gasteiger partial charge in [-0.2, -0.15) is 0 Å². The highest BCUT2D eigenvalue weighted by Crippen LogP contribution is 2.41. The molecule has 0 unspecified atom stereocenters. The lowest BCUT2D eigenvalue weighted by atomic mass is 9.95. The second kappa shape index (κ2) is 10.6. The fraction of sp³-hybridized carbons (Fsp3) is 0. The summed E-state index contributed by atoms with van der Waals surface area (Å²) in [5.74, 6) is 2.24. The molecule has 0 radical (unpaired) electrons. The lowest BCUT2D eigenvalue weighted by molar-refractivity contribution is 0.620. The van der Waals surface area contributed by atoms with Crippen LogP contribution < -0.4 is 0 Å². The number of aromatic nitrogens is 4. The zero-order valence-corrected chi connectivity index (χ0v) is 24.5. The SMILES string of the molecule is c1ccc(-c2nc(-c3ccccc3)nc(-c3cc(-c4nc5ccccc5o4)ccc3-c3cccc4c3oc3ccccc34)n2)cc1. The second-order valence-corrected chi connectivity index (χ2v) is 11.1. The highest BCUT2D eigenvalue weighted by atomic mass is 16.3. The Hall–Kier alpha value is -6.40. The summed E-state index contributed by atoms with van der Waals surface area (Å²) in [7, 11) is 0. The lowest BCUT2D eigenvalue weighted by Gasteiger charge is -2.13. The Morgan fingerprint density at radius 3 is 1.74 bits per heavy atom. The standard InChI is InChI=1S/C40H24N4O2/c1-3-12-25(13-4-1)37-42-38(26-14-5-2-6-15-26)44-39(43-37)32-24-27(40-41-33-19-8-10-21-35(33)46-40)22-23-28(32)30-17-11-18-31-29-16-7-9-20-34(29)45-36(30)31/h1-24H. The van der Waals surface area contributed by atoms with Gasteiger partial charge in [-0.05, 0) is 35.9 Å². The minimum Gasteiger partial charge on any atom is -0.455 e. The predicted molar refractivity (Wildman–Crippen MR) is 182 cm³/mol. The van der Waals surface area contributed by atoms with Gasteiger partial charge in [-0.25, -0.2) is 19.9 Å². The summed E-state index contributed by atoms with van der Waals surface area (Å²) in [5, 5.41) is 2.12. The smallest absolute Gasteiger partial charge is 0.227 e. The first-order valence-electron chi connectivity index (χ1n) is 15.1. The summed E-state index contributed by atoms with van der Waals surface area (Å²) >= 11 is 0. The van der Waals surface area contributed by atoms with Crippen LogP contribution in [-0.2, 0) is 0 Å². The van der Waals surface area contributed by atoms with Gasteiger partial charge in [0, 0.05) is 38.6 Å². The van der Waals surface area contributed by atoms with Crippen molar-refractivity contribution in [2.75, 3.05) is 0 Å². The molecule has 6 heteroatoms. The average Bonchev–Trinajstić information content (AvgIpc) is 3.74. The highest BCUT2D eigenvalue weighted by molar-refractivity contribution is 6.10. The molecular formula is C40H24N4O2. The predicted octanol–water partition coefficient (Wildman–Crippen LogP) is 10.2. The molecule has 0 spiro atoms. The van der Waals surface area contributed by atoms with Crippen LogP contribution >= 0.6 is 0 Å². The minimum atomic E-state index is 0.525. The zero-order valence-electron chi connectivity index (χ0n) is 24.5. The molecule has 216 valence electrons. The summed E-state index contributed by atoms with van der Waals surface area (Å²) in [5.41, 5.74) is 8.47. The molecule has 3 aromatic heterocycles. The van der Waals surface area contributed by atoms with E-state index in [2.05, 4.69) is 36.4 Å². The molecule has 0 aliphatic heterocycles. The second-order valence-electron chi connectivity index (χ2n) is 11.1. The van der Waals surface area contributed by atoms with E-state index in [1.54, 1.807) is 0 Å². The van der Waals surface area contributed by atoms with Crippen LogP contribution in [0.15, 0.2) is 154 Å². The first-order valence-corrected chi connectivity index (χ1v) is 15.1. The third-order valence-corrected chi connectivity index (χ3v) is 8.20. The molecule has 0 saturated heterocycles. The van der Waals surface area contributed by atoms with E-state index in [-0.39, 0.29) is 0 Å². The number of benzene rings is 6. The van der Waals surface area contributed by atoms with E-state index < -0.39 is 0 Å². The van der Waals surface area contributed by atoms with Crippen molar-refractivity contribution in [3.05, 3.63) is 146 Å². The monoisotopic (exact) mass is 592 g/mol. The number of furan rings is 1. The van der Waals surface area contributed by atoms with Crippen LogP contribution in [0.4, 0.5) is 0 Å². The molecule has 0 bridgehead atoms. The first-order chi connectivity index (χ1) is 22.8. The number of nitrogens with zero attached hydrogens (tertiary/aromatic N) is 4. The Balaban J connectivity index is 1.33. The molecule has 6 aromatic carbocycles. The molecular weight excluding hydrogens is 568 g/mol. The van der Waals surface area contributed by atoms with Crippen LogP contribution in [0.2, 0.25) is 0 Å². The number of oxazole rings is 1. The Morgan fingerprint density at radius 1 is 0.370 bits per heavy atom. The third kappa shape index (κ3) is 4.43. The van der Waals surface area contributed by atoms with E-state index >= 15 is 0 Å². The van der Waals surface area contributed by atoms with Gasteiger partial charge in [0.25, 0.3) is 0 Å². The van der Waals surface area contributed by atoms with Crippen molar-refractivity contribution in [2.45, 2.75) is 0 Å². The minimum absolute atomic E-state index is 0.525. The van der Waals surface area contributed by atoms with Crippen molar-refractivity contribution in [3.63, 3.8) is 0 Å². The molecule has 9 rings (SSSR count). The van der Waals surface area contributed by atoms with Crippen LogP contribution in [0.5, 0.6) is 0 Å². The van der Waals surface area contributed by atoms with Crippen molar-refractivity contribution in [3.8, 4) is 56.7 Å². The molecule has 0 fully saturated rings. The molecule has 3 heterocycles. The maximum atomic E-state index is 6.49. The summed E-state index contributed by atoms with van der Waals surface area (Å²) in [4.78, 5) is 19.9. The largest absolute Gasteiger partial charge is 0.455 e. The molecule has 46 heavy (non-hydrogen) atoms. The average molecular weight is 593 g/mol. The van der Waals surface area contributed by atoms with Crippen LogP contribution in [-0.4, -0.2) is 19.9 Å². The molecule has 0 amide bonds. The number of rotatable bonds is 5. The molecule has 0 N–H and O–H groups in total. The molecule has 0 atom stereocenters. The van der Waals surface area contributed by atoms with Crippen molar-refractivity contribution in [1.82, 2.24) is 19.9 Å². The molecule has 0 aliphatic rings. The molecule has 0 aliphatic carbocycles. The quantitative estimate of drug-likeness (QED) is 0.198. The van der Waals surface area contributed by atoms with E-state index in [1.807, 2.05) is 109 Å². The number of para-hydroxylation sites is 4. The van der Waals surface area contributed by atoms with Crippen molar-refractivity contribution in [1.29, 1.82) is 0 Å². The Labute approximate surface area is 263 Å². The third-order valence-electron chi connectivity index (χ3n) is 8.20. The Morgan fingerprint density at radius 2 is 1.00 bits per heavy atom. The highest BCUT2D eigenvalue weighted by Gasteiger charge is 2.21. The van der Waals surface area contributed by atoms with E-state index in [4.69, 9.17) is 28.8 Å². The van der Waals surface area contributed by atoms with Gasteiger partial charge in [0.15, 0.2) is 23.1 Å². The Bertz CT molecular complexity index is 2440. The maximum absolute atomic E-state index is 6.49. The van der Waals surface area contributed by atoms with Crippen LogP contribution in [0, 0.1) is 0 Å². The fourth-order valence-electron chi connectivity index (χ4n) is 5.98. The van der Waals surface area contributed by atoms with E-state index in [0.29, 0.717) is 23.4 Å². The summed E-state index contributed by atoms with van der Waals surface area (Å²) in [6.07, 6.45) is 0. The van der Waals surface area contributed by atoms with Gasteiger partial charge in [-0.15, -0.1) is 0 Å². The van der Waals surface area contributed by atoms with Gasteiger partial charge in [-0.3, -0.25) is 0 Å². The van der Waals surface area contributed by atoms with Crippen LogP contribution in [0.3, 0.4) is 0 Å². The molecule has 6 nitrogen and oxygen atoms in total. The van der Waals surface area contributed by atoms with Crippen molar-refractivity contribution in [2.24, 2.45) is 0 Å². The normalized spacial score (nSPS) is 11.5. The molecule has 0 saturated carbocycles. The number of hydrogen-bond donors (Lipinski definition) is 0. The molecule has 9 aromatic rings. The van der Waals surface area contributed by atoms with Crippen LogP contribution in [0.25, 0.3) is 89.8 Å². The summed E-state index contributed by atoms with van der Waals surface area (Å²) < 4.78 is 12.7. The maximum Gasteiger partial charge on any atom is 0.227 e. The van der Waals surface area contributed by atoms with Crippen molar-refractivity contribution < 1.29 is 8.83 Å². The zero-order chi connectivity index (χ0) is 30.5. The number of hydrogen-bond acceptors (Lipinski definition) is 6.